The van der Waals surface area contributed by atoms with Gasteiger partial charge >= 0.3 is 0 Å². The Morgan fingerprint density at radius 1 is 1.44 bits per heavy atom. The molecule has 0 aliphatic rings. The average Bonchev–Trinajstić information content (AvgIpc) is 2.28. The lowest BCUT2D eigenvalue weighted by Gasteiger charge is -2.22. The normalized spacial score (nSPS) is 10.8. The molecule has 0 saturated carbocycles. The number of nitrogens with zero attached hydrogens (tertiary/aromatic N) is 3. The summed E-state index contributed by atoms with van der Waals surface area (Å²) in [5, 5.41) is 8.81. The minimum Gasteiger partial charge on any atom is -0.395 e. The third kappa shape index (κ3) is 3.69. The minimum absolute atomic E-state index is 0.143. The molecule has 1 rings (SSSR count). The summed E-state index contributed by atoms with van der Waals surface area (Å²) in [5.41, 5.74) is 0.794. The summed E-state index contributed by atoms with van der Waals surface area (Å²) in [6.45, 7) is 1.46. The van der Waals surface area contributed by atoms with Crippen molar-refractivity contribution in [3.8, 4) is 0 Å². The van der Waals surface area contributed by atoms with E-state index in [4.69, 9.17) is 5.11 Å². The molecule has 1 aromatic rings. The van der Waals surface area contributed by atoms with E-state index in [1.807, 2.05) is 6.92 Å². The van der Waals surface area contributed by atoms with Crippen LogP contribution in [0.5, 0.6) is 0 Å². The zero-order chi connectivity index (χ0) is 12.0. The lowest BCUT2D eigenvalue weighted by molar-refractivity contribution is 0.152. The van der Waals surface area contributed by atoms with Crippen molar-refractivity contribution in [1.29, 1.82) is 0 Å². The van der Waals surface area contributed by atoms with Gasteiger partial charge in [0.1, 0.15) is 12.1 Å². The lowest BCUT2D eigenvalue weighted by Crippen LogP contribution is -2.32. The maximum Gasteiger partial charge on any atom is 0.255 e. The van der Waals surface area contributed by atoms with Gasteiger partial charge in [-0.2, -0.15) is 0 Å². The van der Waals surface area contributed by atoms with E-state index in [-0.39, 0.29) is 13.2 Å². The van der Waals surface area contributed by atoms with Crippen LogP contribution in [-0.2, 0) is 6.42 Å². The molecule has 1 aromatic heterocycles. The molecule has 16 heavy (non-hydrogen) atoms. The number of aliphatic hydroxyl groups excluding tert-OH is 1. The second-order valence-corrected chi connectivity index (χ2v) is 3.28. The highest BCUT2D eigenvalue weighted by Gasteiger charge is 2.13. The maximum atomic E-state index is 12.3. The fourth-order valence-corrected chi connectivity index (χ4v) is 1.34. The maximum absolute atomic E-state index is 12.3. The molecule has 0 spiro atoms. The summed E-state index contributed by atoms with van der Waals surface area (Å²) in [4.78, 5) is 9.27. The van der Waals surface area contributed by atoms with E-state index >= 15 is 0 Å². The Balaban J connectivity index is 2.82. The Labute approximate surface area is 92.9 Å². The first kappa shape index (κ1) is 12.8. The van der Waals surface area contributed by atoms with Crippen molar-refractivity contribution in [3.05, 3.63) is 18.1 Å². The fraction of sp³-hybridized carbons (Fsp3) is 0.600. The Morgan fingerprint density at radius 3 is 2.75 bits per heavy atom. The number of hydrogen-bond acceptors (Lipinski definition) is 4. The third-order valence-electron chi connectivity index (χ3n) is 2.12. The monoisotopic (exact) mass is 231 g/mol. The highest BCUT2D eigenvalue weighted by atomic mass is 19.3. The van der Waals surface area contributed by atoms with Crippen LogP contribution >= 0.6 is 0 Å². The zero-order valence-electron chi connectivity index (χ0n) is 9.11. The number of anilines is 1. The van der Waals surface area contributed by atoms with Crippen LogP contribution in [0.3, 0.4) is 0 Å². The standard InChI is InChI=1S/C10H15F2N3O/c1-2-8-5-10(14-7-13-8)15(3-4-16)6-9(11)12/h5,7,9,16H,2-4,6H2,1H3. The molecular formula is C10H15F2N3O. The number of halogens is 2. The van der Waals surface area contributed by atoms with Gasteiger partial charge in [0.25, 0.3) is 6.43 Å². The molecule has 0 unspecified atom stereocenters. The summed E-state index contributed by atoms with van der Waals surface area (Å²) in [5.74, 6) is 0.432. The summed E-state index contributed by atoms with van der Waals surface area (Å²) >= 11 is 0. The highest BCUT2D eigenvalue weighted by molar-refractivity contribution is 5.38. The molecule has 0 atom stereocenters. The zero-order valence-corrected chi connectivity index (χ0v) is 9.11. The molecule has 0 amide bonds. The summed E-state index contributed by atoms with van der Waals surface area (Å²) in [6, 6.07) is 1.66. The van der Waals surface area contributed by atoms with Crippen LogP contribution in [0, 0.1) is 0 Å². The van der Waals surface area contributed by atoms with Crippen LogP contribution in [0.2, 0.25) is 0 Å². The van der Waals surface area contributed by atoms with Gasteiger partial charge in [-0.25, -0.2) is 18.7 Å². The van der Waals surface area contributed by atoms with Gasteiger partial charge in [0.05, 0.1) is 13.2 Å². The van der Waals surface area contributed by atoms with Crippen molar-refractivity contribution in [2.24, 2.45) is 0 Å². The smallest absolute Gasteiger partial charge is 0.255 e. The predicted molar refractivity (Wildman–Crippen MR) is 56.7 cm³/mol. The van der Waals surface area contributed by atoms with Crippen molar-refractivity contribution in [1.82, 2.24) is 9.97 Å². The van der Waals surface area contributed by atoms with Gasteiger partial charge < -0.3 is 10.0 Å². The van der Waals surface area contributed by atoms with E-state index in [1.165, 1.54) is 11.2 Å². The summed E-state index contributed by atoms with van der Waals surface area (Å²) in [7, 11) is 0. The van der Waals surface area contributed by atoms with Gasteiger partial charge in [0.2, 0.25) is 0 Å². The Morgan fingerprint density at radius 2 is 2.19 bits per heavy atom. The second-order valence-electron chi connectivity index (χ2n) is 3.28. The first-order valence-corrected chi connectivity index (χ1v) is 5.12. The molecule has 0 aromatic carbocycles. The van der Waals surface area contributed by atoms with Crippen LogP contribution in [0.15, 0.2) is 12.4 Å². The fourth-order valence-electron chi connectivity index (χ4n) is 1.34. The number of aliphatic hydroxyl groups is 1. The number of aromatic nitrogens is 2. The van der Waals surface area contributed by atoms with Crippen molar-refractivity contribution >= 4 is 5.82 Å². The first-order valence-electron chi connectivity index (χ1n) is 5.12. The van der Waals surface area contributed by atoms with Crippen LogP contribution in [0.4, 0.5) is 14.6 Å². The predicted octanol–water partition coefficient (Wildman–Crippen LogP) is 1.10. The number of hydrogen-bond donors (Lipinski definition) is 1. The van der Waals surface area contributed by atoms with E-state index in [2.05, 4.69) is 9.97 Å². The van der Waals surface area contributed by atoms with Crippen molar-refractivity contribution < 1.29 is 13.9 Å². The third-order valence-corrected chi connectivity index (χ3v) is 2.12. The van der Waals surface area contributed by atoms with Crippen LogP contribution in [0.25, 0.3) is 0 Å². The number of rotatable bonds is 6. The van der Waals surface area contributed by atoms with Crippen molar-refractivity contribution in [2.45, 2.75) is 19.8 Å². The molecule has 6 heteroatoms. The van der Waals surface area contributed by atoms with Crippen LogP contribution in [-0.4, -0.2) is 41.2 Å². The molecule has 4 nitrogen and oxygen atoms in total. The van der Waals surface area contributed by atoms with Gasteiger partial charge in [0, 0.05) is 18.3 Å². The number of alkyl halides is 2. The molecule has 90 valence electrons. The second kappa shape index (κ2) is 6.32. The van der Waals surface area contributed by atoms with Gasteiger partial charge in [0.15, 0.2) is 0 Å². The van der Waals surface area contributed by atoms with Crippen LogP contribution in [0.1, 0.15) is 12.6 Å². The summed E-state index contributed by atoms with van der Waals surface area (Å²) < 4.78 is 24.6. The van der Waals surface area contributed by atoms with Gasteiger partial charge in [-0.1, -0.05) is 6.92 Å². The molecule has 1 N–H and O–H groups in total. The topological polar surface area (TPSA) is 49.2 Å². The van der Waals surface area contributed by atoms with Gasteiger partial charge in [-0.15, -0.1) is 0 Å². The van der Waals surface area contributed by atoms with E-state index in [0.717, 1.165) is 12.1 Å². The molecule has 0 fully saturated rings. The molecule has 0 bridgehead atoms. The SMILES string of the molecule is CCc1cc(N(CCO)CC(F)F)ncn1. The minimum atomic E-state index is -2.45. The molecule has 0 aliphatic heterocycles. The molecular weight excluding hydrogens is 216 g/mol. The quantitative estimate of drug-likeness (QED) is 0.796. The number of aryl methyl sites for hydroxylation is 1. The van der Waals surface area contributed by atoms with Gasteiger partial charge in [-0.3, -0.25) is 0 Å². The molecule has 0 saturated heterocycles. The average molecular weight is 231 g/mol. The van der Waals surface area contributed by atoms with Crippen molar-refractivity contribution in [3.63, 3.8) is 0 Å². The lowest BCUT2D eigenvalue weighted by atomic mass is 10.3. The molecule has 0 aliphatic carbocycles. The Hall–Kier alpha value is -1.30. The first-order chi connectivity index (χ1) is 7.67. The van der Waals surface area contributed by atoms with Gasteiger partial charge in [-0.05, 0) is 6.42 Å². The summed E-state index contributed by atoms with van der Waals surface area (Å²) in [6.07, 6.45) is -0.382. The van der Waals surface area contributed by atoms with E-state index in [1.54, 1.807) is 6.07 Å². The molecule has 1 heterocycles. The largest absolute Gasteiger partial charge is 0.395 e. The van der Waals surface area contributed by atoms with E-state index in [9.17, 15) is 8.78 Å². The Bertz CT molecular complexity index is 323. The van der Waals surface area contributed by atoms with E-state index in [0.29, 0.717) is 5.82 Å². The van der Waals surface area contributed by atoms with Crippen molar-refractivity contribution in [2.75, 3.05) is 24.6 Å². The Kier molecular flexibility index (Phi) is 5.04. The highest BCUT2D eigenvalue weighted by Crippen LogP contribution is 2.12. The van der Waals surface area contributed by atoms with Crippen LogP contribution < -0.4 is 4.90 Å². The molecule has 0 radical (unpaired) electrons. The van der Waals surface area contributed by atoms with E-state index < -0.39 is 13.0 Å².